The molecule has 8 heteroatoms. The zero-order chi connectivity index (χ0) is 17.6. The predicted molar refractivity (Wildman–Crippen MR) is 87.9 cm³/mol. The molecular weight excluding hydrogens is 324 g/mol. The molecule has 0 spiro atoms. The van der Waals surface area contributed by atoms with E-state index < -0.39 is 6.03 Å². The summed E-state index contributed by atoms with van der Waals surface area (Å²) in [5.41, 5.74) is 0.928. The van der Waals surface area contributed by atoms with Crippen LogP contribution in [0.3, 0.4) is 0 Å². The number of nitrogens with zero attached hydrogens (tertiary/aromatic N) is 2. The third-order valence-corrected chi connectivity index (χ3v) is 5.00. The van der Waals surface area contributed by atoms with Gasteiger partial charge in [-0.15, -0.1) is 0 Å². The normalized spacial score (nSPS) is 25.7. The van der Waals surface area contributed by atoms with Gasteiger partial charge in [-0.1, -0.05) is 12.1 Å². The number of amides is 5. The lowest BCUT2D eigenvalue weighted by Crippen LogP contribution is -2.50. The first kappa shape index (κ1) is 15.6. The van der Waals surface area contributed by atoms with Gasteiger partial charge in [0, 0.05) is 38.4 Å². The van der Waals surface area contributed by atoms with E-state index in [4.69, 9.17) is 0 Å². The van der Waals surface area contributed by atoms with Crippen molar-refractivity contribution in [2.75, 3.05) is 24.5 Å². The number of para-hydroxylation sites is 1. The molecule has 2 atom stereocenters. The van der Waals surface area contributed by atoms with Gasteiger partial charge in [0.05, 0.1) is 17.3 Å². The third-order valence-electron chi connectivity index (χ3n) is 5.00. The van der Waals surface area contributed by atoms with Crippen molar-refractivity contribution in [3.8, 4) is 0 Å². The van der Waals surface area contributed by atoms with Gasteiger partial charge in [-0.05, 0) is 12.1 Å². The van der Waals surface area contributed by atoms with E-state index in [2.05, 4.69) is 10.6 Å². The summed E-state index contributed by atoms with van der Waals surface area (Å²) in [5, 5.41) is 5.17. The Kier molecular flexibility index (Phi) is 3.67. The van der Waals surface area contributed by atoms with Crippen LogP contribution in [0.1, 0.15) is 23.2 Å². The molecule has 3 heterocycles. The zero-order valence-corrected chi connectivity index (χ0v) is 13.5. The van der Waals surface area contributed by atoms with E-state index in [1.807, 2.05) is 0 Å². The number of carbonyl (C=O) groups excluding carboxylic acids is 4. The Hall–Kier alpha value is -2.90. The van der Waals surface area contributed by atoms with E-state index in [-0.39, 0.29) is 42.6 Å². The first-order valence-electron chi connectivity index (χ1n) is 8.32. The second-order valence-electron chi connectivity index (χ2n) is 6.62. The maximum absolute atomic E-state index is 13.0. The molecule has 130 valence electrons. The number of benzene rings is 1. The molecule has 25 heavy (non-hydrogen) atoms. The maximum Gasteiger partial charge on any atom is 0.328 e. The fourth-order valence-corrected chi connectivity index (χ4v) is 3.77. The monoisotopic (exact) mass is 342 g/mol. The molecule has 2 N–H and O–H groups in total. The average Bonchev–Trinajstić information content (AvgIpc) is 3.11. The van der Waals surface area contributed by atoms with Gasteiger partial charge in [0.2, 0.25) is 11.8 Å². The number of anilines is 1. The number of likely N-dealkylation sites (tertiary alicyclic amines) is 1. The number of imide groups is 1. The highest BCUT2D eigenvalue weighted by atomic mass is 16.2. The molecule has 3 fully saturated rings. The van der Waals surface area contributed by atoms with E-state index in [9.17, 15) is 19.2 Å². The van der Waals surface area contributed by atoms with E-state index >= 15 is 0 Å². The predicted octanol–water partition coefficient (Wildman–Crippen LogP) is 0.0934. The zero-order valence-electron chi connectivity index (χ0n) is 13.5. The van der Waals surface area contributed by atoms with Crippen molar-refractivity contribution in [1.29, 1.82) is 0 Å². The first-order chi connectivity index (χ1) is 12.0. The van der Waals surface area contributed by atoms with Gasteiger partial charge in [-0.3, -0.25) is 24.6 Å². The molecule has 1 aromatic rings. The van der Waals surface area contributed by atoms with Crippen LogP contribution in [0, 0.1) is 5.92 Å². The van der Waals surface area contributed by atoms with Gasteiger partial charge in [0.25, 0.3) is 5.91 Å². The lowest BCUT2D eigenvalue weighted by molar-refractivity contribution is -0.120. The van der Waals surface area contributed by atoms with Crippen molar-refractivity contribution in [3.63, 3.8) is 0 Å². The first-order valence-corrected chi connectivity index (χ1v) is 8.32. The standard InChI is InChI=1S/C17H18N4O4/c22-14-5-6-21(17(25)19-14)13-4-2-1-3-11(13)16(24)20-8-10-7-15(23)18-12(10)9-20/h1-4,10,12H,5-9H2,(H,18,23)(H,19,22,25)/t10-,12+/m0/s1. The number of carbonyl (C=O) groups is 4. The van der Waals surface area contributed by atoms with Gasteiger partial charge in [0.1, 0.15) is 0 Å². The number of hydrogen-bond donors (Lipinski definition) is 2. The minimum Gasteiger partial charge on any atom is -0.351 e. The Morgan fingerprint density at radius 3 is 2.64 bits per heavy atom. The number of nitrogens with one attached hydrogen (secondary N) is 2. The van der Waals surface area contributed by atoms with Gasteiger partial charge in [-0.2, -0.15) is 0 Å². The molecule has 8 nitrogen and oxygen atoms in total. The van der Waals surface area contributed by atoms with Crippen LogP contribution in [-0.2, 0) is 9.59 Å². The molecule has 5 amide bonds. The number of fused-ring (bicyclic) bond motifs is 1. The van der Waals surface area contributed by atoms with Crippen LogP contribution in [-0.4, -0.2) is 54.3 Å². The molecule has 0 aliphatic carbocycles. The third kappa shape index (κ3) is 2.73. The van der Waals surface area contributed by atoms with Crippen LogP contribution in [0.5, 0.6) is 0 Å². The topological polar surface area (TPSA) is 98.8 Å². The van der Waals surface area contributed by atoms with Crippen LogP contribution in [0.2, 0.25) is 0 Å². The lowest BCUT2D eigenvalue weighted by atomic mass is 10.1. The van der Waals surface area contributed by atoms with Crippen molar-refractivity contribution in [1.82, 2.24) is 15.5 Å². The molecule has 0 saturated carbocycles. The molecule has 0 aromatic heterocycles. The molecule has 1 aromatic carbocycles. The van der Waals surface area contributed by atoms with Crippen molar-refractivity contribution in [2.24, 2.45) is 5.92 Å². The summed E-state index contributed by atoms with van der Waals surface area (Å²) in [4.78, 5) is 51.0. The highest BCUT2D eigenvalue weighted by Gasteiger charge is 2.42. The van der Waals surface area contributed by atoms with Gasteiger partial charge < -0.3 is 10.2 Å². The summed E-state index contributed by atoms with van der Waals surface area (Å²) in [6.45, 7) is 1.26. The van der Waals surface area contributed by atoms with Crippen molar-refractivity contribution >= 4 is 29.4 Å². The maximum atomic E-state index is 13.0. The summed E-state index contributed by atoms with van der Waals surface area (Å²) in [6.07, 6.45) is 0.654. The van der Waals surface area contributed by atoms with E-state index in [0.717, 1.165) is 0 Å². The molecule has 3 saturated heterocycles. The molecule has 3 aliphatic rings. The van der Waals surface area contributed by atoms with Crippen LogP contribution in [0.15, 0.2) is 24.3 Å². The average molecular weight is 342 g/mol. The van der Waals surface area contributed by atoms with E-state index in [1.54, 1.807) is 29.2 Å². The van der Waals surface area contributed by atoms with Crippen LogP contribution >= 0.6 is 0 Å². The van der Waals surface area contributed by atoms with Gasteiger partial charge in [0.15, 0.2) is 0 Å². The largest absolute Gasteiger partial charge is 0.351 e. The molecule has 0 bridgehead atoms. The summed E-state index contributed by atoms with van der Waals surface area (Å²) in [7, 11) is 0. The van der Waals surface area contributed by atoms with Crippen molar-refractivity contribution in [2.45, 2.75) is 18.9 Å². The second kappa shape index (κ2) is 5.87. The Labute approximate surface area is 144 Å². The molecule has 0 unspecified atom stereocenters. The van der Waals surface area contributed by atoms with Crippen LogP contribution < -0.4 is 15.5 Å². The van der Waals surface area contributed by atoms with Crippen molar-refractivity contribution < 1.29 is 19.2 Å². The Morgan fingerprint density at radius 2 is 1.88 bits per heavy atom. The number of rotatable bonds is 2. The lowest BCUT2D eigenvalue weighted by Gasteiger charge is -2.29. The Bertz CT molecular complexity index is 762. The van der Waals surface area contributed by atoms with Crippen LogP contribution in [0.25, 0.3) is 0 Å². The van der Waals surface area contributed by atoms with E-state index in [0.29, 0.717) is 30.8 Å². The molecule has 3 aliphatic heterocycles. The number of urea groups is 1. The Balaban J connectivity index is 1.57. The molecule has 4 rings (SSSR count). The summed E-state index contributed by atoms with van der Waals surface area (Å²) >= 11 is 0. The Morgan fingerprint density at radius 1 is 1.08 bits per heavy atom. The second-order valence-corrected chi connectivity index (χ2v) is 6.62. The number of hydrogen-bond acceptors (Lipinski definition) is 4. The van der Waals surface area contributed by atoms with E-state index in [1.165, 1.54) is 4.90 Å². The highest BCUT2D eigenvalue weighted by molar-refractivity contribution is 6.09. The van der Waals surface area contributed by atoms with Crippen molar-refractivity contribution in [3.05, 3.63) is 29.8 Å². The minimum atomic E-state index is -0.512. The summed E-state index contributed by atoms with van der Waals surface area (Å²) in [5.74, 6) is -0.284. The molecule has 0 radical (unpaired) electrons. The minimum absolute atomic E-state index is 0.0134. The van der Waals surface area contributed by atoms with Crippen LogP contribution in [0.4, 0.5) is 10.5 Å². The fourth-order valence-electron chi connectivity index (χ4n) is 3.77. The van der Waals surface area contributed by atoms with Gasteiger partial charge >= 0.3 is 6.03 Å². The smallest absolute Gasteiger partial charge is 0.328 e. The highest BCUT2D eigenvalue weighted by Crippen LogP contribution is 2.29. The van der Waals surface area contributed by atoms with Gasteiger partial charge in [-0.25, -0.2) is 4.79 Å². The SMILES string of the molecule is O=C1CCN(c2ccccc2C(=O)N2C[C@@H]3CC(=O)N[C@@H]3C2)C(=O)N1. The molecular formula is C17H18N4O4. The quantitative estimate of drug-likeness (QED) is 0.796. The summed E-state index contributed by atoms with van der Waals surface area (Å²) in [6, 6.07) is 6.41. The summed E-state index contributed by atoms with van der Waals surface area (Å²) < 4.78 is 0. The fraction of sp³-hybridized carbons (Fsp3) is 0.412.